The number of benzene rings is 2. The van der Waals surface area contributed by atoms with E-state index in [0.29, 0.717) is 11.0 Å². The number of rotatable bonds is 4. The zero-order valence-electron chi connectivity index (χ0n) is 21.0. The second kappa shape index (κ2) is 9.33. The van der Waals surface area contributed by atoms with Crippen LogP contribution in [0, 0.1) is 6.92 Å². The van der Waals surface area contributed by atoms with Crippen molar-refractivity contribution in [3.05, 3.63) is 59.9 Å². The van der Waals surface area contributed by atoms with Crippen molar-refractivity contribution < 1.29 is 27.5 Å². The number of carbonyl (C=O) groups is 2. The molecule has 0 atom stereocenters. The number of carbonyl (C=O) groups excluding carboxylic acids is 2. The average Bonchev–Trinajstić information content (AvgIpc) is 3.14. The molecule has 0 N–H and O–H groups in total. The van der Waals surface area contributed by atoms with E-state index in [1.807, 2.05) is 0 Å². The monoisotopic (exact) mass is 501 g/mol. The summed E-state index contributed by atoms with van der Waals surface area (Å²) in [6.45, 7) is 11.5. The van der Waals surface area contributed by atoms with Gasteiger partial charge in [-0.05, 0) is 72.2 Å². The van der Waals surface area contributed by atoms with E-state index in [4.69, 9.17) is 9.47 Å². The first kappa shape index (κ1) is 26.2. The first-order valence-corrected chi connectivity index (χ1v) is 12.5. The van der Waals surface area contributed by atoms with Crippen LogP contribution in [0.3, 0.4) is 0 Å². The number of nitrogens with zero attached hydrogens (tertiary/aromatic N) is 3. The fraction of sp³-hybridized carbons (Fsp3) is 0.400. The third-order valence-corrected chi connectivity index (χ3v) is 6.49. The SMILES string of the molecule is Cc1ccc(S(=O)(=O)n2cnc3ccccc32)c(CN(C(=O)OC(C)(C)C)C(=O)OC(C)(C)C)c1. The Morgan fingerprint density at radius 3 is 2.09 bits per heavy atom. The van der Waals surface area contributed by atoms with Crippen LogP contribution in [0.15, 0.2) is 53.7 Å². The number of aryl methyl sites for hydroxylation is 1. The zero-order chi connectivity index (χ0) is 26.2. The lowest BCUT2D eigenvalue weighted by Crippen LogP contribution is -2.43. The lowest BCUT2D eigenvalue weighted by molar-refractivity contribution is -0.000417. The number of hydrogen-bond acceptors (Lipinski definition) is 7. The van der Waals surface area contributed by atoms with E-state index in [9.17, 15) is 18.0 Å². The maximum Gasteiger partial charge on any atom is 0.420 e. The molecule has 0 aliphatic carbocycles. The van der Waals surface area contributed by atoms with Crippen LogP contribution in [0.1, 0.15) is 52.7 Å². The van der Waals surface area contributed by atoms with Crippen molar-refractivity contribution in [3.63, 3.8) is 0 Å². The topological polar surface area (TPSA) is 108 Å². The van der Waals surface area contributed by atoms with Crippen LogP contribution in [0.25, 0.3) is 11.0 Å². The largest absolute Gasteiger partial charge is 0.443 e. The Morgan fingerprint density at radius 1 is 0.943 bits per heavy atom. The van der Waals surface area contributed by atoms with Gasteiger partial charge in [-0.15, -0.1) is 0 Å². The summed E-state index contributed by atoms with van der Waals surface area (Å²) in [7, 11) is -4.11. The van der Waals surface area contributed by atoms with Crippen LogP contribution in [0.5, 0.6) is 0 Å². The van der Waals surface area contributed by atoms with Crippen molar-refractivity contribution in [2.45, 2.75) is 71.1 Å². The normalized spacial score (nSPS) is 12.4. The Labute approximate surface area is 205 Å². The summed E-state index contributed by atoms with van der Waals surface area (Å²) in [6.07, 6.45) is -0.641. The lowest BCUT2D eigenvalue weighted by atomic mass is 10.1. The molecule has 0 saturated carbocycles. The van der Waals surface area contributed by atoms with Gasteiger partial charge in [0, 0.05) is 0 Å². The van der Waals surface area contributed by atoms with Gasteiger partial charge in [-0.1, -0.05) is 29.8 Å². The molecule has 2 aromatic carbocycles. The minimum atomic E-state index is -4.11. The lowest BCUT2D eigenvalue weighted by Gasteiger charge is -2.29. The molecule has 1 aromatic heterocycles. The van der Waals surface area contributed by atoms with E-state index in [1.54, 1.807) is 84.9 Å². The highest BCUT2D eigenvalue weighted by Crippen LogP contribution is 2.26. The van der Waals surface area contributed by atoms with Crippen molar-refractivity contribution in [3.8, 4) is 0 Å². The van der Waals surface area contributed by atoms with Gasteiger partial charge in [-0.3, -0.25) is 0 Å². The molecule has 1 heterocycles. The highest BCUT2D eigenvalue weighted by atomic mass is 32.2. The summed E-state index contributed by atoms with van der Waals surface area (Å²) in [6, 6.07) is 11.6. The smallest absolute Gasteiger partial charge is 0.420 e. The van der Waals surface area contributed by atoms with Gasteiger partial charge in [-0.2, -0.15) is 0 Å². The van der Waals surface area contributed by atoms with Crippen LogP contribution in [0.2, 0.25) is 0 Å². The standard InChI is InChI=1S/C25H31N3O6S/c1-17-12-13-21(35(31,32)28-16-26-19-10-8-9-11-20(19)28)18(14-17)15-27(22(29)33-24(2,3)4)23(30)34-25(5,6)7/h8-14,16H,15H2,1-7H3. The number of aromatic nitrogens is 2. The molecule has 0 unspecified atom stereocenters. The molecule has 188 valence electrons. The Morgan fingerprint density at radius 2 is 1.51 bits per heavy atom. The van der Waals surface area contributed by atoms with Gasteiger partial charge < -0.3 is 9.47 Å². The molecule has 0 fully saturated rings. The molecule has 3 aromatic rings. The number of hydrogen-bond donors (Lipinski definition) is 0. The molecule has 0 bridgehead atoms. The van der Waals surface area contributed by atoms with Gasteiger partial charge in [-0.25, -0.2) is 31.9 Å². The van der Waals surface area contributed by atoms with Crippen LogP contribution in [0.4, 0.5) is 9.59 Å². The van der Waals surface area contributed by atoms with Crippen LogP contribution >= 0.6 is 0 Å². The Kier molecular flexibility index (Phi) is 6.99. The summed E-state index contributed by atoms with van der Waals surface area (Å²) in [5, 5.41) is 0. The summed E-state index contributed by atoms with van der Waals surface area (Å²) in [4.78, 5) is 30.8. The van der Waals surface area contributed by atoms with E-state index in [1.165, 1.54) is 12.4 Å². The van der Waals surface area contributed by atoms with E-state index in [2.05, 4.69) is 4.98 Å². The predicted octanol–water partition coefficient (Wildman–Crippen LogP) is 5.25. The Hall–Kier alpha value is -3.40. The summed E-state index contributed by atoms with van der Waals surface area (Å²) < 4.78 is 39.3. The average molecular weight is 502 g/mol. The molecule has 9 nitrogen and oxygen atoms in total. The molecule has 0 aliphatic rings. The molecule has 0 saturated heterocycles. The molecular formula is C25H31N3O6S. The predicted molar refractivity (Wildman–Crippen MR) is 132 cm³/mol. The fourth-order valence-electron chi connectivity index (χ4n) is 3.33. The minimum Gasteiger partial charge on any atom is -0.443 e. The molecule has 35 heavy (non-hydrogen) atoms. The maximum atomic E-state index is 13.7. The second-order valence-corrected chi connectivity index (χ2v) is 12.0. The third-order valence-electron chi connectivity index (χ3n) is 4.73. The van der Waals surface area contributed by atoms with E-state index >= 15 is 0 Å². The van der Waals surface area contributed by atoms with Gasteiger partial charge in [0.25, 0.3) is 10.0 Å². The van der Waals surface area contributed by atoms with Crippen molar-refractivity contribution >= 4 is 33.2 Å². The van der Waals surface area contributed by atoms with Gasteiger partial charge in [0.2, 0.25) is 0 Å². The molecule has 2 amide bonds. The van der Waals surface area contributed by atoms with E-state index < -0.39 is 33.4 Å². The molecule has 0 radical (unpaired) electrons. The summed E-state index contributed by atoms with van der Waals surface area (Å²) in [5.41, 5.74) is 0.162. The number of fused-ring (bicyclic) bond motifs is 1. The summed E-state index contributed by atoms with van der Waals surface area (Å²) >= 11 is 0. The van der Waals surface area contributed by atoms with Gasteiger partial charge >= 0.3 is 12.2 Å². The Bertz CT molecular complexity index is 1340. The van der Waals surface area contributed by atoms with Gasteiger partial charge in [0.05, 0.1) is 22.5 Å². The van der Waals surface area contributed by atoms with Crippen LogP contribution in [-0.2, 0) is 26.0 Å². The highest BCUT2D eigenvalue weighted by molar-refractivity contribution is 7.90. The van der Waals surface area contributed by atoms with E-state index in [-0.39, 0.29) is 17.0 Å². The quantitative estimate of drug-likeness (QED) is 0.480. The number of para-hydroxylation sites is 2. The number of imidazole rings is 1. The first-order chi connectivity index (χ1) is 16.1. The highest BCUT2D eigenvalue weighted by Gasteiger charge is 2.33. The maximum absolute atomic E-state index is 13.7. The first-order valence-electron chi connectivity index (χ1n) is 11.1. The number of ether oxygens (including phenoxy) is 2. The van der Waals surface area contributed by atoms with Gasteiger partial charge in [0.1, 0.15) is 17.5 Å². The summed E-state index contributed by atoms with van der Waals surface area (Å²) in [5.74, 6) is 0. The van der Waals surface area contributed by atoms with Crippen molar-refractivity contribution in [2.24, 2.45) is 0 Å². The zero-order valence-corrected chi connectivity index (χ0v) is 21.8. The van der Waals surface area contributed by atoms with Crippen LogP contribution in [-0.4, -0.2) is 45.7 Å². The number of amides is 2. The van der Waals surface area contributed by atoms with Crippen molar-refractivity contribution in [2.75, 3.05) is 0 Å². The molecular weight excluding hydrogens is 470 g/mol. The molecule has 0 spiro atoms. The number of imide groups is 1. The molecule has 0 aliphatic heterocycles. The third kappa shape index (κ3) is 6.19. The molecule has 3 rings (SSSR count). The van der Waals surface area contributed by atoms with Gasteiger partial charge in [0.15, 0.2) is 0 Å². The minimum absolute atomic E-state index is 0.0663. The van der Waals surface area contributed by atoms with Crippen LogP contribution < -0.4 is 0 Å². The van der Waals surface area contributed by atoms with Crippen molar-refractivity contribution in [1.29, 1.82) is 0 Å². The molecule has 10 heteroatoms. The second-order valence-electron chi connectivity index (χ2n) is 10.2. The Balaban J connectivity index is 2.10. The fourth-order valence-corrected chi connectivity index (χ4v) is 4.82. The van der Waals surface area contributed by atoms with E-state index in [0.717, 1.165) is 14.4 Å². The van der Waals surface area contributed by atoms with Crippen molar-refractivity contribution in [1.82, 2.24) is 13.9 Å².